The highest BCUT2D eigenvalue weighted by Crippen LogP contribution is 2.29. The lowest BCUT2D eigenvalue weighted by Gasteiger charge is -2.27. The zero-order valence-electron chi connectivity index (χ0n) is 19.8. The Balaban J connectivity index is 1.29. The summed E-state index contributed by atoms with van der Waals surface area (Å²) in [5.41, 5.74) is 8.33. The van der Waals surface area contributed by atoms with Gasteiger partial charge in [-0.05, 0) is 32.3 Å². The zero-order valence-corrected chi connectivity index (χ0v) is 20.6. The standard InChI is InChI=1S/C24H29ClFN7O2/c1-3-32-10-17(25)15-7-21(30-31-23(15)32)24(34)28-14-4-5-20-16(6-14)18(26)8-22(29-20)33-9-13(12-35-2)19(27)11-33/h7-8,10,13-14,19H,3-6,9,11-12,27H2,1-2H3,(H,28,34). The second-order valence-electron chi connectivity index (χ2n) is 9.31. The smallest absolute Gasteiger partial charge is 0.272 e. The van der Waals surface area contributed by atoms with Crippen molar-refractivity contribution in [3.05, 3.63) is 46.1 Å². The Morgan fingerprint density at radius 1 is 1.34 bits per heavy atom. The Labute approximate surface area is 207 Å². The number of aryl methyl sites for hydroxylation is 2. The Morgan fingerprint density at radius 3 is 2.94 bits per heavy atom. The van der Waals surface area contributed by atoms with E-state index >= 15 is 4.39 Å². The van der Waals surface area contributed by atoms with E-state index in [1.54, 1.807) is 19.4 Å². The van der Waals surface area contributed by atoms with Crippen LogP contribution in [0.3, 0.4) is 0 Å². The third kappa shape index (κ3) is 4.57. The van der Waals surface area contributed by atoms with Gasteiger partial charge in [0.15, 0.2) is 11.3 Å². The molecule has 0 spiro atoms. The molecule has 5 rings (SSSR count). The number of carbonyl (C=O) groups excluding carboxylic acids is 1. The van der Waals surface area contributed by atoms with Crippen molar-refractivity contribution in [2.45, 2.75) is 44.8 Å². The number of hydrogen-bond donors (Lipinski definition) is 2. The topological polar surface area (TPSA) is 111 Å². The highest BCUT2D eigenvalue weighted by Gasteiger charge is 2.32. The Kier molecular flexibility index (Phi) is 6.61. The van der Waals surface area contributed by atoms with Crippen LogP contribution in [0.25, 0.3) is 11.0 Å². The van der Waals surface area contributed by atoms with Gasteiger partial charge in [0.2, 0.25) is 0 Å². The average Bonchev–Trinajstić information content (AvgIpc) is 3.38. The average molecular weight is 502 g/mol. The number of nitrogens with zero attached hydrogens (tertiary/aromatic N) is 5. The molecule has 0 aromatic carbocycles. The molecule has 1 aliphatic carbocycles. The molecular weight excluding hydrogens is 473 g/mol. The van der Waals surface area contributed by atoms with E-state index in [1.165, 1.54) is 6.07 Å². The highest BCUT2D eigenvalue weighted by molar-refractivity contribution is 6.35. The van der Waals surface area contributed by atoms with Crippen LogP contribution in [-0.2, 0) is 24.1 Å². The first kappa shape index (κ1) is 23.9. The van der Waals surface area contributed by atoms with Gasteiger partial charge in [0.05, 0.1) is 11.6 Å². The normalized spacial score (nSPS) is 22.0. The van der Waals surface area contributed by atoms with Crippen molar-refractivity contribution in [2.24, 2.45) is 11.7 Å². The molecular formula is C24H29ClFN7O2. The predicted molar refractivity (Wildman–Crippen MR) is 131 cm³/mol. The van der Waals surface area contributed by atoms with E-state index in [-0.39, 0.29) is 35.4 Å². The number of fused-ring (bicyclic) bond motifs is 2. The van der Waals surface area contributed by atoms with Crippen molar-refractivity contribution in [3.8, 4) is 0 Å². The number of nitrogens with two attached hydrogens (primary N) is 1. The van der Waals surface area contributed by atoms with Crippen molar-refractivity contribution in [1.29, 1.82) is 0 Å². The number of halogens is 2. The third-order valence-corrected chi connectivity index (χ3v) is 7.30. The summed E-state index contributed by atoms with van der Waals surface area (Å²) in [5.74, 6) is 0.144. The van der Waals surface area contributed by atoms with Crippen LogP contribution in [0.5, 0.6) is 0 Å². The zero-order chi connectivity index (χ0) is 24.7. The number of methoxy groups -OCH3 is 1. The van der Waals surface area contributed by atoms with E-state index < -0.39 is 0 Å². The molecule has 0 radical (unpaired) electrons. The van der Waals surface area contributed by atoms with Crippen molar-refractivity contribution in [1.82, 2.24) is 25.1 Å². The van der Waals surface area contributed by atoms with Gasteiger partial charge in [0, 0.05) is 73.7 Å². The molecule has 1 aliphatic heterocycles. The second-order valence-corrected chi connectivity index (χ2v) is 9.72. The summed E-state index contributed by atoms with van der Waals surface area (Å²) in [7, 11) is 1.66. The summed E-state index contributed by atoms with van der Waals surface area (Å²) in [6.07, 6.45) is 3.37. The van der Waals surface area contributed by atoms with Gasteiger partial charge in [-0.15, -0.1) is 10.2 Å². The number of carbonyl (C=O) groups is 1. The Morgan fingerprint density at radius 2 is 2.17 bits per heavy atom. The first-order valence-corrected chi connectivity index (χ1v) is 12.3. The van der Waals surface area contributed by atoms with Gasteiger partial charge in [0.1, 0.15) is 11.6 Å². The first-order valence-electron chi connectivity index (χ1n) is 11.9. The summed E-state index contributed by atoms with van der Waals surface area (Å²) < 4.78 is 22.3. The third-order valence-electron chi connectivity index (χ3n) is 7.00. The van der Waals surface area contributed by atoms with Gasteiger partial charge >= 0.3 is 0 Å². The summed E-state index contributed by atoms with van der Waals surface area (Å²) in [4.78, 5) is 19.7. The highest BCUT2D eigenvalue weighted by atomic mass is 35.5. The molecule has 0 saturated carbocycles. The lowest BCUT2D eigenvalue weighted by molar-refractivity contribution is 0.0927. The fraction of sp³-hybridized carbons (Fsp3) is 0.500. The van der Waals surface area contributed by atoms with Crippen LogP contribution in [-0.4, -0.2) is 64.5 Å². The summed E-state index contributed by atoms with van der Waals surface area (Å²) in [5, 5.41) is 12.4. The molecule has 4 heterocycles. The molecule has 11 heteroatoms. The lowest BCUT2D eigenvalue weighted by atomic mass is 9.91. The molecule has 2 aliphatic rings. The van der Waals surface area contributed by atoms with E-state index in [4.69, 9.17) is 27.1 Å². The van der Waals surface area contributed by atoms with E-state index in [0.29, 0.717) is 72.9 Å². The van der Waals surface area contributed by atoms with Crippen molar-refractivity contribution in [3.63, 3.8) is 0 Å². The maximum absolute atomic E-state index is 15.1. The number of rotatable bonds is 6. The molecule has 186 valence electrons. The Hall–Kier alpha value is -2.82. The number of anilines is 1. The second kappa shape index (κ2) is 9.67. The number of aromatic nitrogens is 4. The van der Waals surface area contributed by atoms with Crippen LogP contribution in [0.1, 0.15) is 35.1 Å². The summed E-state index contributed by atoms with van der Waals surface area (Å²) >= 11 is 6.30. The molecule has 9 nitrogen and oxygen atoms in total. The Bertz CT molecular complexity index is 1270. The number of hydrogen-bond acceptors (Lipinski definition) is 7. The van der Waals surface area contributed by atoms with Gasteiger partial charge in [0.25, 0.3) is 5.91 Å². The van der Waals surface area contributed by atoms with Crippen molar-refractivity contribution in [2.75, 3.05) is 31.7 Å². The first-order chi connectivity index (χ1) is 16.9. The fourth-order valence-electron chi connectivity index (χ4n) is 5.07. The van der Waals surface area contributed by atoms with E-state index in [1.807, 2.05) is 16.4 Å². The summed E-state index contributed by atoms with van der Waals surface area (Å²) in [6, 6.07) is 2.87. The minimum absolute atomic E-state index is 0.0341. The largest absolute Gasteiger partial charge is 0.384 e. The molecule has 3 aromatic rings. The van der Waals surface area contributed by atoms with Crippen LogP contribution in [0.2, 0.25) is 5.02 Å². The van der Waals surface area contributed by atoms with Crippen molar-refractivity contribution >= 4 is 34.4 Å². The van der Waals surface area contributed by atoms with Gasteiger partial charge in [-0.3, -0.25) is 4.79 Å². The van der Waals surface area contributed by atoms with Crippen LogP contribution >= 0.6 is 11.6 Å². The minimum Gasteiger partial charge on any atom is -0.384 e. The molecule has 35 heavy (non-hydrogen) atoms. The predicted octanol–water partition coefficient (Wildman–Crippen LogP) is 2.34. The molecule has 3 aromatic heterocycles. The number of ether oxygens (including phenoxy) is 1. The monoisotopic (exact) mass is 501 g/mol. The molecule has 1 fully saturated rings. The maximum Gasteiger partial charge on any atom is 0.272 e. The molecule has 3 unspecified atom stereocenters. The van der Waals surface area contributed by atoms with Crippen LogP contribution in [0.15, 0.2) is 18.3 Å². The van der Waals surface area contributed by atoms with E-state index in [9.17, 15) is 4.79 Å². The van der Waals surface area contributed by atoms with Gasteiger partial charge in [-0.2, -0.15) is 0 Å². The van der Waals surface area contributed by atoms with Crippen LogP contribution in [0, 0.1) is 11.7 Å². The fourth-order valence-corrected chi connectivity index (χ4v) is 5.33. The summed E-state index contributed by atoms with van der Waals surface area (Å²) in [6.45, 7) is 4.56. The number of amides is 1. The van der Waals surface area contributed by atoms with E-state index in [2.05, 4.69) is 15.5 Å². The quantitative estimate of drug-likeness (QED) is 0.533. The van der Waals surface area contributed by atoms with Crippen molar-refractivity contribution < 1.29 is 13.9 Å². The maximum atomic E-state index is 15.1. The van der Waals surface area contributed by atoms with Gasteiger partial charge in [-0.25, -0.2) is 9.37 Å². The van der Waals surface area contributed by atoms with Gasteiger partial charge < -0.3 is 25.3 Å². The molecule has 1 saturated heterocycles. The minimum atomic E-state index is -0.353. The number of nitrogens with one attached hydrogen (secondary N) is 1. The molecule has 3 N–H and O–H groups in total. The SMILES string of the molecule is CCn1cc(Cl)c2cc(C(=O)NC3CCc4nc(N5CC(N)C(COC)C5)cc(F)c4C3)nnc21. The van der Waals surface area contributed by atoms with E-state index in [0.717, 1.165) is 5.69 Å². The number of pyridine rings is 1. The van der Waals surface area contributed by atoms with Crippen LogP contribution in [0.4, 0.5) is 10.2 Å². The van der Waals surface area contributed by atoms with Gasteiger partial charge in [-0.1, -0.05) is 11.6 Å². The molecule has 0 bridgehead atoms. The molecule has 1 amide bonds. The molecule has 3 atom stereocenters. The van der Waals surface area contributed by atoms with Crippen LogP contribution < -0.4 is 16.0 Å². The lowest BCUT2D eigenvalue weighted by Crippen LogP contribution is -2.40.